The van der Waals surface area contributed by atoms with E-state index in [4.69, 9.17) is 10.8 Å². The molecule has 0 radical (unpaired) electrons. The number of carbonyl (C=O) groups excluding carboxylic acids is 2. The fraction of sp³-hybridized carbons (Fsp3) is 0.222. The number of halogens is 1. The van der Waals surface area contributed by atoms with Crippen LogP contribution >= 0.6 is 15.9 Å². The number of primary amides is 1. The van der Waals surface area contributed by atoms with E-state index in [0.29, 0.717) is 4.47 Å². The Hall–Kier alpha value is -1.83. The number of carbonyl (C=O) groups is 3. The summed E-state index contributed by atoms with van der Waals surface area (Å²) in [6.07, 6.45) is 1.07. The number of nitrogens with one attached hydrogen (secondary N) is 2. The number of nitrogens with two attached hydrogens (primary N) is 1. The molecule has 0 fully saturated rings. The van der Waals surface area contributed by atoms with Crippen LogP contribution < -0.4 is 11.1 Å². The molecule has 0 aliphatic rings. The van der Waals surface area contributed by atoms with Gasteiger partial charge >= 0.3 is 5.97 Å². The molecule has 5 N–H and O–H groups in total. The van der Waals surface area contributed by atoms with E-state index in [1.54, 1.807) is 0 Å². The molecule has 0 bridgehead atoms. The zero-order valence-corrected chi connectivity index (χ0v) is 10.2. The summed E-state index contributed by atoms with van der Waals surface area (Å²) in [6.45, 7) is 0. The van der Waals surface area contributed by atoms with Crippen LogP contribution in [-0.2, 0) is 9.59 Å². The van der Waals surface area contributed by atoms with Crippen LogP contribution in [0.3, 0.4) is 0 Å². The van der Waals surface area contributed by atoms with Crippen LogP contribution in [0, 0.1) is 0 Å². The highest BCUT2D eigenvalue weighted by atomic mass is 79.9. The Kier molecular flexibility index (Phi) is 4.27. The van der Waals surface area contributed by atoms with Crippen LogP contribution in [0.15, 0.2) is 16.7 Å². The number of hydrogen-bond donors (Lipinski definition) is 4. The highest BCUT2D eigenvalue weighted by Gasteiger charge is 2.23. The highest BCUT2D eigenvalue weighted by molar-refractivity contribution is 9.10. The molecule has 92 valence electrons. The van der Waals surface area contributed by atoms with Crippen molar-refractivity contribution in [3.05, 3.63) is 22.4 Å². The molecule has 1 unspecified atom stereocenters. The van der Waals surface area contributed by atoms with Gasteiger partial charge in [-0.15, -0.1) is 0 Å². The standard InChI is InChI=1S/C9H10BrN3O4/c10-4-1-5(12-3-4)8(15)13-6(9(16)17)2-7(11)14/h1,3,6,12H,2H2,(H2,11,14)(H,13,15)(H,16,17). The summed E-state index contributed by atoms with van der Waals surface area (Å²) >= 11 is 3.13. The molecule has 0 aliphatic heterocycles. The van der Waals surface area contributed by atoms with Crippen LogP contribution in [0.5, 0.6) is 0 Å². The van der Waals surface area contributed by atoms with Crippen LogP contribution in [-0.4, -0.2) is 33.9 Å². The lowest BCUT2D eigenvalue weighted by Gasteiger charge is -2.11. The molecule has 0 saturated carbocycles. The fourth-order valence-electron chi connectivity index (χ4n) is 1.14. The van der Waals surface area contributed by atoms with Gasteiger partial charge in [-0.3, -0.25) is 9.59 Å². The maximum Gasteiger partial charge on any atom is 0.326 e. The third-order valence-electron chi connectivity index (χ3n) is 1.90. The maximum absolute atomic E-state index is 11.6. The molecular weight excluding hydrogens is 294 g/mol. The van der Waals surface area contributed by atoms with E-state index >= 15 is 0 Å². The molecule has 7 nitrogen and oxygen atoms in total. The third-order valence-corrected chi connectivity index (χ3v) is 2.36. The van der Waals surface area contributed by atoms with Gasteiger partial charge in [0.15, 0.2) is 0 Å². The Morgan fingerprint density at radius 3 is 2.59 bits per heavy atom. The highest BCUT2D eigenvalue weighted by Crippen LogP contribution is 2.10. The molecule has 1 heterocycles. The van der Waals surface area contributed by atoms with E-state index in [1.807, 2.05) is 0 Å². The van der Waals surface area contributed by atoms with E-state index in [9.17, 15) is 14.4 Å². The Labute approximate surface area is 105 Å². The lowest BCUT2D eigenvalue weighted by molar-refractivity contribution is -0.140. The molecule has 0 saturated heterocycles. The summed E-state index contributed by atoms with van der Waals surface area (Å²) in [5.41, 5.74) is 5.07. The molecule has 1 aromatic rings. The number of carboxylic acid groups (broad SMARTS) is 1. The quantitative estimate of drug-likeness (QED) is 0.603. The van der Waals surface area contributed by atoms with Gasteiger partial charge in [0.1, 0.15) is 11.7 Å². The molecular formula is C9H10BrN3O4. The van der Waals surface area contributed by atoms with Gasteiger partial charge in [-0.1, -0.05) is 0 Å². The average molecular weight is 304 g/mol. The third kappa shape index (κ3) is 3.91. The largest absolute Gasteiger partial charge is 0.480 e. The molecule has 1 aromatic heterocycles. The monoisotopic (exact) mass is 303 g/mol. The number of carboxylic acids is 1. The maximum atomic E-state index is 11.6. The molecule has 8 heteroatoms. The zero-order valence-electron chi connectivity index (χ0n) is 8.57. The van der Waals surface area contributed by atoms with Gasteiger partial charge in [-0.2, -0.15) is 0 Å². The minimum Gasteiger partial charge on any atom is -0.480 e. The second kappa shape index (κ2) is 5.48. The van der Waals surface area contributed by atoms with Crippen molar-refractivity contribution in [1.82, 2.24) is 10.3 Å². The van der Waals surface area contributed by atoms with Crippen LogP contribution in [0.2, 0.25) is 0 Å². The fourth-order valence-corrected chi connectivity index (χ4v) is 1.48. The molecule has 0 spiro atoms. The van der Waals surface area contributed by atoms with E-state index in [0.717, 1.165) is 0 Å². The molecule has 1 atom stereocenters. The van der Waals surface area contributed by atoms with Gasteiger partial charge in [0.25, 0.3) is 5.91 Å². The van der Waals surface area contributed by atoms with E-state index < -0.39 is 30.2 Å². The van der Waals surface area contributed by atoms with Crippen molar-refractivity contribution in [2.45, 2.75) is 12.5 Å². The van der Waals surface area contributed by atoms with E-state index in [-0.39, 0.29) is 5.69 Å². The number of amides is 2. The first-order chi connectivity index (χ1) is 7.90. The molecule has 2 amide bonds. The molecule has 0 aliphatic carbocycles. The predicted octanol–water partition coefficient (Wildman–Crippen LogP) is -0.164. The van der Waals surface area contributed by atoms with Gasteiger partial charge in [-0.25, -0.2) is 4.79 Å². The van der Waals surface area contributed by atoms with Gasteiger partial charge in [-0.05, 0) is 22.0 Å². The van der Waals surface area contributed by atoms with E-state index in [2.05, 4.69) is 26.2 Å². The second-order valence-corrected chi connectivity index (χ2v) is 4.18. The minimum absolute atomic E-state index is 0.188. The number of rotatable bonds is 5. The molecule has 0 aromatic carbocycles. The zero-order chi connectivity index (χ0) is 13.0. The van der Waals surface area contributed by atoms with Crippen molar-refractivity contribution in [3.8, 4) is 0 Å². The number of H-pyrrole nitrogens is 1. The van der Waals surface area contributed by atoms with Crippen molar-refractivity contribution in [3.63, 3.8) is 0 Å². The van der Waals surface area contributed by atoms with Crippen LogP contribution in [0.4, 0.5) is 0 Å². The Morgan fingerprint density at radius 1 is 1.53 bits per heavy atom. The van der Waals surface area contributed by atoms with Gasteiger partial charge in [0.2, 0.25) is 5.91 Å². The summed E-state index contributed by atoms with van der Waals surface area (Å²) in [4.78, 5) is 35.6. The van der Waals surface area contributed by atoms with Crippen molar-refractivity contribution < 1.29 is 19.5 Å². The summed E-state index contributed by atoms with van der Waals surface area (Å²) in [7, 11) is 0. The number of aliphatic carboxylic acids is 1. The number of aromatic nitrogens is 1. The van der Waals surface area contributed by atoms with Crippen LogP contribution in [0.1, 0.15) is 16.9 Å². The first-order valence-corrected chi connectivity index (χ1v) is 5.35. The van der Waals surface area contributed by atoms with Gasteiger partial charge < -0.3 is 21.1 Å². The summed E-state index contributed by atoms with van der Waals surface area (Å²) < 4.78 is 0.657. The summed E-state index contributed by atoms with van der Waals surface area (Å²) in [5.74, 6) is -2.74. The number of aromatic amines is 1. The Morgan fingerprint density at radius 2 is 2.18 bits per heavy atom. The summed E-state index contributed by atoms with van der Waals surface area (Å²) in [5, 5.41) is 11.0. The Balaban J connectivity index is 2.70. The summed E-state index contributed by atoms with van der Waals surface area (Å²) in [6, 6.07) is 0.153. The minimum atomic E-state index is -1.33. The first kappa shape index (κ1) is 13.2. The van der Waals surface area contributed by atoms with E-state index in [1.165, 1.54) is 12.3 Å². The predicted molar refractivity (Wildman–Crippen MR) is 61.2 cm³/mol. The van der Waals surface area contributed by atoms with Crippen molar-refractivity contribution in [1.29, 1.82) is 0 Å². The molecule has 1 rings (SSSR count). The number of hydrogen-bond acceptors (Lipinski definition) is 3. The van der Waals surface area contributed by atoms with Gasteiger partial charge in [0, 0.05) is 10.7 Å². The normalized spacial score (nSPS) is 11.8. The van der Waals surface area contributed by atoms with Crippen molar-refractivity contribution in [2.24, 2.45) is 5.73 Å². The second-order valence-electron chi connectivity index (χ2n) is 3.27. The smallest absolute Gasteiger partial charge is 0.326 e. The average Bonchev–Trinajstić information content (AvgIpc) is 2.63. The SMILES string of the molecule is NC(=O)CC(NC(=O)c1cc(Br)c[nH]1)C(=O)O. The van der Waals surface area contributed by atoms with Gasteiger partial charge in [0.05, 0.1) is 6.42 Å². The van der Waals surface area contributed by atoms with Crippen molar-refractivity contribution >= 4 is 33.7 Å². The van der Waals surface area contributed by atoms with Crippen molar-refractivity contribution in [2.75, 3.05) is 0 Å². The lowest BCUT2D eigenvalue weighted by Crippen LogP contribution is -2.43. The molecule has 17 heavy (non-hydrogen) atoms. The Bertz CT molecular complexity index is 457. The van der Waals surface area contributed by atoms with Crippen LogP contribution in [0.25, 0.3) is 0 Å². The topological polar surface area (TPSA) is 125 Å². The lowest BCUT2D eigenvalue weighted by atomic mass is 10.2. The first-order valence-electron chi connectivity index (χ1n) is 4.56.